The first-order valence-electron chi connectivity index (χ1n) is 8.98. The lowest BCUT2D eigenvalue weighted by Crippen LogP contribution is -2.52. The van der Waals surface area contributed by atoms with Gasteiger partial charge in [0.1, 0.15) is 0 Å². The van der Waals surface area contributed by atoms with Gasteiger partial charge in [0.05, 0.1) is 11.5 Å². The predicted octanol–water partition coefficient (Wildman–Crippen LogP) is 1.43. The van der Waals surface area contributed by atoms with Gasteiger partial charge < -0.3 is 10.2 Å². The van der Waals surface area contributed by atoms with E-state index in [1.807, 2.05) is 6.07 Å². The van der Waals surface area contributed by atoms with Gasteiger partial charge >= 0.3 is 0 Å². The molecule has 0 amide bonds. The van der Waals surface area contributed by atoms with Crippen molar-refractivity contribution >= 4 is 39.8 Å². The molecule has 0 radical (unpaired) electrons. The Bertz CT molecular complexity index is 688. The molecule has 2 heterocycles. The molecule has 0 saturated carbocycles. The summed E-state index contributed by atoms with van der Waals surface area (Å²) in [5.74, 6) is 1.74. The molecule has 8 heteroatoms. The fourth-order valence-corrected chi connectivity index (χ4v) is 5.42. The lowest BCUT2D eigenvalue weighted by Gasteiger charge is -2.36. The highest BCUT2D eigenvalue weighted by Crippen LogP contribution is 2.17. The molecule has 2 aliphatic heterocycles. The lowest BCUT2D eigenvalue weighted by atomic mass is 10.1. The topological polar surface area (TPSA) is 65.0 Å². The maximum Gasteiger partial charge on any atom is 0.193 e. The van der Waals surface area contributed by atoms with Crippen molar-refractivity contribution in [3.05, 3.63) is 35.9 Å². The summed E-state index contributed by atoms with van der Waals surface area (Å²) in [5, 5.41) is 3.38. The van der Waals surface area contributed by atoms with Crippen LogP contribution in [0.3, 0.4) is 0 Å². The Kier molecular flexibility index (Phi) is 8.15. The zero-order chi connectivity index (χ0) is 17.7. The van der Waals surface area contributed by atoms with Crippen molar-refractivity contribution in [2.45, 2.75) is 13.0 Å². The number of rotatable bonds is 4. The predicted molar refractivity (Wildman–Crippen MR) is 117 cm³/mol. The number of guanidine groups is 1. The van der Waals surface area contributed by atoms with E-state index in [2.05, 4.69) is 44.4 Å². The van der Waals surface area contributed by atoms with E-state index in [-0.39, 0.29) is 29.9 Å². The first kappa shape index (κ1) is 21.4. The Morgan fingerprint density at radius 2 is 1.88 bits per heavy atom. The van der Waals surface area contributed by atoms with Gasteiger partial charge in [-0.25, -0.2) is 8.42 Å². The van der Waals surface area contributed by atoms with Crippen molar-refractivity contribution in [3.8, 4) is 0 Å². The van der Waals surface area contributed by atoms with Crippen LogP contribution in [0.2, 0.25) is 0 Å². The summed E-state index contributed by atoms with van der Waals surface area (Å²) in [6, 6.07) is 10.6. The maximum absolute atomic E-state index is 11.6. The molecule has 1 unspecified atom stereocenters. The zero-order valence-electron chi connectivity index (χ0n) is 15.3. The SMILES string of the molecule is CN=C(NCC1CCS(=O)(=O)C1)N1CCN(Cc2ccccc2)CC1.I. The number of halogens is 1. The van der Waals surface area contributed by atoms with Gasteiger partial charge in [-0.15, -0.1) is 24.0 Å². The molecular weight excluding hydrogens is 463 g/mol. The average Bonchev–Trinajstić information content (AvgIpc) is 2.97. The first-order valence-corrected chi connectivity index (χ1v) is 10.8. The second-order valence-electron chi connectivity index (χ2n) is 6.95. The second kappa shape index (κ2) is 9.89. The molecule has 0 aromatic heterocycles. The highest BCUT2D eigenvalue weighted by atomic mass is 127. The minimum Gasteiger partial charge on any atom is -0.356 e. The average molecular weight is 492 g/mol. The van der Waals surface area contributed by atoms with Gasteiger partial charge in [0, 0.05) is 46.3 Å². The molecule has 3 rings (SSSR count). The molecule has 1 aromatic carbocycles. The van der Waals surface area contributed by atoms with Crippen LogP contribution in [0.15, 0.2) is 35.3 Å². The smallest absolute Gasteiger partial charge is 0.193 e. The van der Waals surface area contributed by atoms with Crippen LogP contribution in [0.1, 0.15) is 12.0 Å². The minimum atomic E-state index is -2.81. The normalized spacial score (nSPS) is 23.5. The Balaban J connectivity index is 0.00000243. The number of hydrogen-bond acceptors (Lipinski definition) is 4. The van der Waals surface area contributed by atoms with E-state index in [0.29, 0.717) is 18.1 Å². The zero-order valence-corrected chi connectivity index (χ0v) is 18.4. The number of hydrogen-bond donors (Lipinski definition) is 1. The fraction of sp³-hybridized carbons (Fsp3) is 0.611. The molecule has 146 valence electrons. The Morgan fingerprint density at radius 1 is 1.19 bits per heavy atom. The molecule has 6 nitrogen and oxygen atoms in total. The summed E-state index contributed by atoms with van der Waals surface area (Å²) in [4.78, 5) is 9.11. The largest absolute Gasteiger partial charge is 0.356 e. The van der Waals surface area contributed by atoms with Crippen LogP contribution in [0.4, 0.5) is 0 Å². The monoisotopic (exact) mass is 492 g/mol. The van der Waals surface area contributed by atoms with Crippen molar-refractivity contribution < 1.29 is 8.42 Å². The van der Waals surface area contributed by atoms with Crippen LogP contribution in [-0.4, -0.2) is 75.5 Å². The van der Waals surface area contributed by atoms with Crippen molar-refractivity contribution in [2.24, 2.45) is 10.9 Å². The third-order valence-electron chi connectivity index (χ3n) is 5.01. The van der Waals surface area contributed by atoms with Gasteiger partial charge in [-0.05, 0) is 17.9 Å². The van der Waals surface area contributed by atoms with E-state index in [4.69, 9.17) is 0 Å². The van der Waals surface area contributed by atoms with Crippen LogP contribution in [0.25, 0.3) is 0 Å². The lowest BCUT2D eigenvalue weighted by molar-refractivity contribution is 0.172. The molecule has 1 atom stereocenters. The standard InChI is InChI=1S/C18H28N4O2S.HI/c1-19-18(20-13-17-7-12-25(23,24)15-17)22-10-8-21(9-11-22)14-16-5-3-2-4-6-16;/h2-6,17H,7-15H2,1H3,(H,19,20);1H. The number of sulfone groups is 1. The van der Waals surface area contributed by atoms with Crippen LogP contribution in [0, 0.1) is 5.92 Å². The second-order valence-corrected chi connectivity index (χ2v) is 9.17. The maximum atomic E-state index is 11.6. The highest BCUT2D eigenvalue weighted by Gasteiger charge is 2.28. The third kappa shape index (κ3) is 6.09. The summed E-state index contributed by atoms with van der Waals surface area (Å²) in [5.41, 5.74) is 1.35. The van der Waals surface area contributed by atoms with Crippen molar-refractivity contribution in [3.63, 3.8) is 0 Å². The Hall–Kier alpha value is -0.870. The summed E-state index contributed by atoms with van der Waals surface area (Å²) in [6.07, 6.45) is 0.761. The Morgan fingerprint density at radius 3 is 2.46 bits per heavy atom. The van der Waals surface area contributed by atoms with Crippen molar-refractivity contribution in [1.29, 1.82) is 0 Å². The van der Waals surface area contributed by atoms with Gasteiger partial charge in [0.2, 0.25) is 0 Å². The molecule has 2 fully saturated rings. The summed E-state index contributed by atoms with van der Waals surface area (Å²) in [7, 11) is -1.02. The highest BCUT2D eigenvalue weighted by molar-refractivity contribution is 14.0. The van der Waals surface area contributed by atoms with Crippen LogP contribution < -0.4 is 5.32 Å². The van der Waals surface area contributed by atoms with Crippen LogP contribution in [0.5, 0.6) is 0 Å². The molecule has 2 saturated heterocycles. The molecule has 1 N–H and O–H groups in total. The van der Waals surface area contributed by atoms with Gasteiger partial charge in [-0.2, -0.15) is 0 Å². The summed E-state index contributed by atoms with van der Waals surface area (Å²) < 4.78 is 23.1. The van der Waals surface area contributed by atoms with Crippen molar-refractivity contribution in [1.82, 2.24) is 15.1 Å². The van der Waals surface area contributed by atoms with E-state index in [1.165, 1.54) is 5.56 Å². The molecular formula is C18H29IN4O2S. The van der Waals surface area contributed by atoms with Crippen molar-refractivity contribution in [2.75, 3.05) is 51.3 Å². The number of nitrogens with one attached hydrogen (secondary N) is 1. The van der Waals surface area contributed by atoms with E-state index >= 15 is 0 Å². The molecule has 0 spiro atoms. The number of nitrogens with zero attached hydrogens (tertiary/aromatic N) is 3. The minimum absolute atomic E-state index is 0. The van der Waals surface area contributed by atoms with Gasteiger partial charge in [-0.1, -0.05) is 30.3 Å². The number of aliphatic imine (C=N–C) groups is 1. The van der Waals surface area contributed by atoms with E-state index in [0.717, 1.165) is 45.1 Å². The van der Waals surface area contributed by atoms with Gasteiger partial charge in [-0.3, -0.25) is 9.89 Å². The third-order valence-corrected chi connectivity index (χ3v) is 6.85. The number of benzene rings is 1. The van der Waals surface area contributed by atoms with Gasteiger partial charge in [0.25, 0.3) is 0 Å². The summed E-state index contributed by atoms with van der Waals surface area (Å²) >= 11 is 0. The molecule has 1 aromatic rings. The van der Waals surface area contributed by atoms with Gasteiger partial charge in [0.15, 0.2) is 15.8 Å². The van der Waals surface area contributed by atoms with E-state index < -0.39 is 9.84 Å². The van der Waals surface area contributed by atoms with Crippen LogP contribution >= 0.6 is 24.0 Å². The molecule has 2 aliphatic rings. The van der Waals surface area contributed by atoms with E-state index in [1.54, 1.807) is 7.05 Å². The molecule has 26 heavy (non-hydrogen) atoms. The fourth-order valence-electron chi connectivity index (χ4n) is 3.56. The summed E-state index contributed by atoms with van der Waals surface area (Å²) in [6.45, 7) is 5.57. The quantitative estimate of drug-likeness (QED) is 0.392. The molecule has 0 aliphatic carbocycles. The number of piperazine rings is 1. The Labute approximate surface area is 174 Å². The van der Waals surface area contributed by atoms with Crippen LogP contribution in [-0.2, 0) is 16.4 Å². The molecule has 0 bridgehead atoms. The first-order chi connectivity index (χ1) is 12.1. The van der Waals surface area contributed by atoms with E-state index in [9.17, 15) is 8.42 Å².